The summed E-state index contributed by atoms with van der Waals surface area (Å²) in [5.41, 5.74) is 0. The summed E-state index contributed by atoms with van der Waals surface area (Å²) in [6.07, 6.45) is 0. The maximum atomic E-state index is 5.65. The quantitative estimate of drug-likeness (QED) is 0.837. The zero-order valence-corrected chi connectivity index (χ0v) is 10.7. The Labute approximate surface area is 105 Å². The standard InChI is InChI=1S/C10H6BrClN2S/c11-7-3-1-2-4-8(7)15-10-6-5-9(12)13-14-10/h1-6H. The summed E-state index contributed by atoms with van der Waals surface area (Å²) < 4.78 is 1.05. The fourth-order valence-electron chi connectivity index (χ4n) is 0.998. The third-order valence-corrected chi connectivity index (χ3v) is 3.82. The van der Waals surface area contributed by atoms with E-state index in [4.69, 9.17) is 11.6 Å². The monoisotopic (exact) mass is 300 g/mol. The maximum Gasteiger partial charge on any atom is 0.151 e. The molecular formula is C10H6BrClN2S. The van der Waals surface area contributed by atoms with Gasteiger partial charge in [0.15, 0.2) is 5.15 Å². The molecule has 0 aliphatic rings. The van der Waals surface area contributed by atoms with Gasteiger partial charge in [-0.1, -0.05) is 35.5 Å². The first kappa shape index (κ1) is 10.9. The van der Waals surface area contributed by atoms with Crippen molar-refractivity contribution in [1.82, 2.24) is 10.2 Å². The summed E-state index contributed by atoms with van der Waals surface area (Å²) in [4.78, 5) is 1.11. The predicted molar refractivity (Wildman–Crippen MR) is 65.3 cm³/mol. The number of aromatic nitrogens is 2. The van der Waals surface area contributed by atoms with Crippen molar-refractivity contribution in [2.45, 2.75) is 9.92 Å². The first-order valence-corrected chi connectivity index (χ1v) is 6.16. The molecule has 76 valence electrons. The smallest absolute Gasteiger partial charge is 0.142 e. The van der Waals surface area contributed by atoms with Gasteiger partial charge in [0.25, 0.3) is 0 Å². The van der Waals surface area contributed by atoms with Crippen LogP contribution in [-0.4, -0.2) is 10.2 Å². The van der Waals surface area contributed by atoms with E-state index < -0.39 is 0 Å². The highest BCUT2D eigenvalue weighted by Gasteiger charge is 2.02. The number of hydrogen-bond donors (Lipinski definition) is 0. The van der Waals surface area contributed by atoms with E-state index in [1.807, 2.05) is 30.3 Å². The van der Waals surface area contributed by atoms with Crippen LogP contribution in [0.25, 0.3) is 0 Å². The summed E-state index contributed by atoms with van der Waals surface area (Å²) in [7, 11) is 0. The highest BCUT2D eigenvalue weighted by molar-refractivity contribution is 9.10. The Morgan fingerprint density at radius 2 is 1.87 bits per heavy atom. The van der Waals surface area contributed by atoms with E-state index in [2.05, 4.69) is 26.1 Å². The van der Waals surface area contributed by atoms with Crippen LogP contribution in [0.3, 0.4) is 0 Å². The van der Waals surface area contributed by atoms with Crippen molar-refractivity contribution in [3.05, 3.63) is 46.0 Å². The fraction of sp³-hybridized carbons (Fsp3) is 0. The zero-order chi connectivity index (χ0) is 10.7. The van der Waals surface area contributed by atoms with Crippen molar-refractivity contribution >= 4 is 39.3 Å². The molecule has 1 aromatic carbocycles. The highest BCUT2D eigenvalue weighted by atomic mass is 79.9. The lowest BCUT2D eigenvalue weighted by molar-refractivity contribution is 0.929. The van der Waals surface area contributed by atoms with Gasteiger partial charge in [-0.3, -0.25) is 0 Å². The molecule has 5 heteroatoms. The molecule has 0 saturated carbocycles. The summed E-state index contributed by atoms with van der Waals surface area (Å²) in [5.74, 6) is 0. The average Bonchev–Trinajstić information content (AvgIpc) is 2.25. The van der Waals surface area contributed by atoms with Crippen LogP contribution < -0.4 is 0 Å². The van der Waals surface area contributed by atoms with Gasteiger partial charge in [0, 0.05) is 9.37 Å². The number of rotatable bonds is 2. The van der Waals surface area contributed by atoms with Gasteiger partial charge in [-0.2, -0.15) is 0 Å². The first-order chi connectivity index (χ1) is 7.25. The van der Waals surface area contributed by atoms with Crippen molar-refractivity contribution in [3.63, 3.8) is 0 Å². The molecule has 2 nitrogen and oxygen atoms in total. The molecule has 2 rings (SSSR count). The fourth-order valence-corrected chi connectivity index (χ4v) is 2.38. The van der Waals surface area contributed by atoms with Crippen molar-refractivity contribution in [3.8, 4) is 0 Å². The van der Waals surface area contributed by atoms with E-state index in [9.17, 15) is 0 Å². The molecule has 0 unspecified atom stereocenters. The van der Waals surface area contributed by atoms with Crippen molar-refractivity contribution < 1.29 is 0 Å². The van der Waals surface area contributed by atoms with Gasteiger partial charge in [-0.15, -0.1) is 10.2 Å². The van der Waals surface area contributed by atoms with Crippen LogP contribution in [0, 0.1) is 0 Å². The minimum absolute atomic E-state index is 0.409. The molecule has 0 N–H and O–H groups in total. The summed E-state index contributed by atoms with van der Waals surface area (Å²) in [6.45, 7) is 0. The van der Waals surface area contributed by atoms with E-state index in [1.54, 1.807) is 17.8 Å². The molecule has 0 radical (unpaired) electrons. The average molecular weight is 302 g/mol. The lowest BCUT2D eigenvalue weighted by atomic mass is 10.4. The Hall–Kier alpha value is -0.580. The minimum Gasteiger partial charge on any atom is -0.142 e. The molecule has 0 fully saturated rings. The molecule has 0 aliphatic heterocycles. The van der Waals surface area contributed by atoms with Crippen LogP contribution in [0.1, 0.15) is 0 Å². The molecule has 0 bridgehead atoms. The van der Waals surface area contributed by atoms with Gasteiger partial charge in [0.05, 0.1) is 0 Å². The molecule has 0 amide bonds. The van der Waals surface area contributed by atoms with Gasteiger partial charge in [0.1, 0.15) is 5.03 Å². The Morgan fingerprint density at radius 1 is 1.07 bits per heavy atom. The van der Waals surface area contributed by atoms with Crippen molar-refractivity contribution in [1.29, 1.82) is 0 Å². The molecule has 15 heavy (non-hydrogen) atoms. The minimum atomic E-state index is 0.409. The molecule has 2 aromatic rings. The molecule has 0 spiro atoms. The Kier molecular flexibility index (Phi) is 3.61. The van der Waals surface area contributed by atoms with Crippen LogP contribution in [0.2, 0.25) is 5.15 Å². The van der Waals surface area contributed by atoms with E-state index in [0.29, 0.717) is 5.15 Å². The Bertz CT molecular complexity index is 461. The van der Waals surface area contributed by atoms with E-state index in [1.165, 1.54) is 0 Å². The molecule has 1 heterocycles. The summed E-state index contributed by atoms with van der Waals surface area (Å²) in [5, 5.41) is 8.99. The largest absolute Gasteiger partial charge is 0.151 e. The van der Waals surface area contributed by atoms with Gasteiger partial charge in [-0.25, -0.2) is 0 Å². The van der Waals surface area contributed by atoms with Crippen LogP contribution in [0.15, 0.2) is 50.8 Å². The van der Waals surface area contributed by atoms with E-state index in [-0.39, 0.29) is 0 Å². The topological polar surface area (TPSA) is 25.8 Å². The molecule has 0 atom stereocenters. The predicted octanol–water partition coefficient (Wildman–Crippen LogP) is 4.04. The van der Waals surface area contributed by atoms with Crippen LogP contribution >= 0.6 is 39.3 Å². The second-order valence-electron chi connectivity index (χ2n) is 2.73. The Balaban J connectivity index is 2.22. The molecule has 0 saturated heterocycles. The highest BCUT2D eigenvalue weighted by Crippen LogP contribution is 2.31. The summed E-state index contributed by atoms with van der Waals surface area (Å²) in [6, 6.07) is 11.5. The van der Waals surface area contributed by atoms with Crippen LogP contribution in [0.5, 0.6) is 0 Å². The normalized spacial score (nSPS) is 10.3. The van der Waals surface area contributed by atoms with Gasteiger partial charge >= 0.3 is 0 Å². The second kappa shape index (κ2) is 4.96. The number of hydrogen-bond acceptors (Lipinski definition) is 3. The summed E-state index contributed by atoms with van der Waals surface area (Å²) >= 11 is 10.7. The van der Waals surface area contributed by atoms with E-state index >= 15 is 0 Å². The number of halogens is 2. The van der Waals surface area contributed by atoms with Crippen LogP contribution in [0.4, 0.5) is 0 Å². The molecular weight excluding hydrogens is 296 g/mol. The first-order valence-electron chi connectivity index (χ1n) is 4.17. The van der Waals surface area contributed by atoms with Crippen LogP contribution in [-0.2, 0) is 0 Å². The van der Waals surface area contributed by atoms with Gasteiger partial charge in [-0.05, 0) is 40.2 Å². The third kappa shape index (κ3) is 2.93. The lowest BCUT2D eigenvalue weighted by Gasteiger charge is -2.01. The number of benzene rings is 1. The van der Waals surface area contributed by atoms with Gasteiger partial charge < -0.3 is 0 Å². The van der Waals surface area contributed by atoms with E-state index in [0.717, 1.165) is 14.4 Å². The zero-order valence-electron chi connectivity index (χ0n) is 7.52. The lowest BCUT2D eigenvalue weighted by Crippen LogP contribution is -1.84. The Morgan fingerprint density at radius 3 is 2.53 bits per heavy atom. The van der Waals surface area contributed by atoms with Gasteiger partial charge in [0.2, 0.25) is 0 Å². The van der Waals surface area contributed by atoms with Crippen molar-refractivity contribution in [2.24, 2.45) is 0 Å². The molecule has 0 aliphatic carbocycles. The second-order valence-corrected chi connectivity index (χ2v) is 5.03. The molecule has 1 aromatic heterocycles. The SMILES string of the molecule is Clc1ccc(Sc2ccccc2Br)nn1. The maximum absolute atomic E-state index is 5.65. The van der Waals surface area contributed by atoms with Crippen molar-refractivity contribution in [2.75, 3.05) is 0 Å². The third-order valence-electron chi connectivity index (χ3n) is 1.66. The number of nitrogens with zero attached hydrogens (tertiary/aromatic N) is 2.